The minimum absolute atomic E-state index is 0.329. The van der Waals surface area contributed by atoms with E-state index in [4.69, 9.17) is 4.74 Å². The second-order valence-electron chi connectivity index (χ2n) is 5.39. The minimum Gasteiger partial charge on any atom is -0.462 e. The van der Waals surface area contributed by atoms with Crippen molar-refractivity contribution in [2.24, 2.45) is 0 Å². The van der Waals surface area contributed by atoms with Crippen molar-refractivity contribution in [3.05, 3.63) is 64.7 Å². The molecule has 0 saturated carbocycles. The minimum atomic E-state index is -0.356. The Morgan fingerprint density at radius 1 is 1.20 bits per heavy atom. The number of hydrogen-bond acceptors (Lipinski definition) is 5. The van der Waals surface area contributed by atoms with Crippen LogP contribution in [0.25, 0.3) is 21.7 Å². The molecule has 0 atom stereocenters. The Morgan fingerprint density at radius 3 is 2.64 bits per heavy atom. The van der Waals surface area contributed by atoms with Crippen LogP contribution in [0.4, 0.5) is 0 Å². The molecular weight excluding hydrogens is 332 g/mol. The van der Waals surface area contributed by atoms with E-state index in [1.54, 1.807) is 13.8 Å². The Hall–Kier alpha value is -2.97. The number of hydrogen-bond donors (Lipinski definition) is 0. The van der Waals surface area contributed by atoms with Gasteiger partial charge in [0.15, 0.2) is 0 Å². The van der Waals surface area contributed by atoms with Gasteiger partial charge in [-0.25, -0.2) is 9.78 Å². The summed E-state index contributed by atoms with van der Waals surface area (Å²) in [7, 11) is 0. The SMILES string of the molecule is CCOC(=O)c1sc(-c2ccc(-c3ccccc3)c(C#N)c2)nc1C. The zero-order chi connectivity index (χ0) is 17.8. The van der Waals surface area contributed by atoms with E-state index in [2.05, 4.69) is 11.1 Å². The van der Waals surface area contributed by atoms with E-state index in [9.17, 15) is 10.1 Å². The molecule has 3 rings (SSSR count). The highest BCUT2D eigenvalue weighted by molar-refractivity contribution is 7.17. The molecule has 0 radical (unpaired) electrons. The average Bonchev–Trinajstić information content (AvgIpc) is 3.04. The summed E-state index contributed by atoms with van der Waals surface area (Å²) >= 11 is 1.29. The number of nitrogens with zero attached hydrogens (tertiary/aromatic N) is 2. The molecule has 0 bridgehead atoms. The monoisotopic (exact) mass is 348 g/mol. The fourth-order valence-electron chi connectivity index (χ4n) is 2.55. The number of carbonyl (C=O) groups is 1. The summed E-state index contributed by atoms with van der Waals surface area (Å²) in [5.74, 6) is -0.356. The van der Waals surface area contributed by atoms with Crippen LogP contribution in [0.2, 0.25) is 0 Å². The molecule has 0 aliphatic carbocycles. The topological polar surface area (TPSA) is 63.0 Å². The summed E-state index contributed by atoms with van der Waals surface area (Å²) in [5, 5.41) is 10.2. The number of thiazole rings is 1. The van der Waals surface area contributed by atoms with E-state index in [-0.39, 0.29) is 5.97 Å². The fourth-order valence-corrected chi connectivity index (χ4v) is 3.50. The highest BCUT2D eigenvalue weighted by atomic mass is 32.1. The standard InChI is InChI=1S/C20H16N2O2S/c1-3-24-20(23)18-13(2)22-19(25-18)15-9-10-17(16(11-15)12-21)14-7-5-4-6-8-14/h4-11H,3H2,1-2H3. The lowest BCUT2D eigenvalue weighted by atomic mass is 9.98. The molecule has 2 aromatic carbocycles. The van der Waals surface area contributed by atoms with Gasteiger partial charge in [0, 0.05) is 5.56 Å². The third-order valence-electron chi connectivity index (χ3n) is 3.73. The summed E-state index contributed by atoms with van der Waals surface area (Å²) in [6.45, 7) is 3.89. The molecular formula is C20H16N2O2S. The molecule has 0 fully saturated rings. The van der Waals surface area contributed by atoms with Gasteiger partial charge in [-0.3, -0.25) is 0 Å². The van der Waals surface area contributed by atoms with Crippen LogP contribution in [-0.4, -0.2) is 17.6 Å². The highest BCUT2D eigenvalue weighted by Gasteiger charge is 2.18. The lowest BCUT2D eigenvalue weighted by molar-refractivity contribution is 0.0531. The lowest BCUT2D eigenvalue weighted by Crippen LogP contribution is -2.03. The highest BCUT2D eigenvalue weighted by Crippen LogP contribution is 2.32. The van der Waals surface area contributed by atoms with Crippen LogP contribution in [0.1, 0.15) is 27.9 Å². The smallest absolute Gasteiger partial charge is 0.350 e. The summed E-state index contributed by atoms with van der Waals surface area (Å²) < 4.78 is 5.06. The van der Waals surface area contributed by atoms with Crippen molar-refractivity contribution in [2.75, 3.05) is 6.61 Å². The van der Waals surface area contributed by atoms with Crippen molar-refractivity contribution in [1.82, 2.24) is 4.98 Å². The predicted molar refractivity (Wildman–Crippen MR) is 98.4 cm³/mol. The molecule has 4 nitrogen and oxygen atoms in total. The van der Waals surface area contributed by atoms with Crippen molar-refractivity contribution in [2.45, 2.75) is 13.8 Å². The van der Waals surface area contributed by atoms with Crippen molar-refractivity contribution >= 4 is 17.3 Å². The number of carbonyl (C=O) groups excluding carboxylic acids is 1. The molecule has 1 aromatic heterocycles. The number of rotatable bonds is 4. The first-order valence-corrected chi connectivity index (χ1v) is 8.70. The van der Waals surface area contributed by atoms with Gasteiger partial charge in [-0.05, 0) is 31.0 Å². The molecule has 5 heteroatoms. The Balaban J connectivity index is 2.01. The fraction of sp³-hybridized carbons (Fsp3) is 0.150. The molecule has 0 spiro atoms. The van der Waals surface area contributed by atoms with Gasteiger partial charge in [0.05, 0.1) is 23.9 Å². The van der Waals surface area contributed by atoms with Gasteiger partial charge in [-0.1, -0.05) is 42.5 Å². The van der Waals surface area contributed by atoms with Gasteiger partial charge in [0.25, 0.3) is 0 Å². The number of aryl methyl sites for hydroxylation is 1. The van der Waals surface area contributed by atoms with Crippen LogP contribution in [-0.2, 0) is 4.74 Å². The molecule has 124 valence electrons. The van der Waals surface area contributed by atoms with Crippen LogP contribution >= 0.6 is 11.3 Å². The predicted octanol–water partition coefficient (Wildman–Crippen LogP) is 4.83. The van der Waals surface area contributed by atoms with E-state index in [1.165, 1.54) is 11.3 Å². The molecule has 0 saturated heterocycles. The Labute approximate surface area is 150 Å². The summed E-state index contributed by atoms with van der Waals surface area (Å²) in [6, 6.07) is 17.7. The van der Waals surface area contributed by atoms with Crippen LogP contribution in [0.3, 0.4) is 0 Å². The molecule has 0 amide bonds. The molecule has 0 aliphatic heterocycles. The molecule has 1 heterocycles. The van der Waals surface area contributed by atoms with Gasteiger partial charge < -0.3 is 4.74 Å². The van der Waals surface area contributed by atoms with Crippen LogP contribution in [0.15, 0.2) is 48.5 Å². The van der Waals surface area contributed by atoms with Crippen LogP contribution in [0, 0.1) is 18.3 Å². The molecule has 25 heavy (non-hydrogen) atoms. The van der Waals surface area contributed by atoms with Crippen molar-refractivity contribution in [1.29, 1.82) is 5.26 Å². The van der Waals surface area contributed by atoms with E-state index in [0.717, 1.165) is 16.7 Å². The van der Waals surface area contributed by atoms with Crippen molar-refractivity contribution in [3.63, 3.8) is 0 Å². The number of ether oxygens (including phenoxy) is 1. The first kappa shape index (κ1) is 16.9. The Bertz CT molecular complexity index is 956. The first-order chi connectivity index (χ1) is 12.1. The van der Waals surface area contributed by atoms with E-state index < -0.39 is 0 Å². The Kier molecular flexibility index (Phi) is 4.92. The lowest BCUT2D eigenvalue weighted by Gasteiger charge is -2.06. The summed E-state index contributed by atoms with van der Waals surface area (Å²) in [4.78, 5) is 16.9. The van der Waals surface area contributed by atoms with Gasteiger partial charge in [0.2, 0.25) is 0 Å². The second-order valence-corrected chi connectivity index (χ2v) is 6.39. The van der Waals surface area contributed by atoms with E-state index >= 15 is 0 Å². The number of esters is 1. The number of nitriles is 1. The van der Waals surface area contributed by atoms with Crippen molar-refractivity contribution < 1.29 is 9.53 Å². The first-order valence-electron chi connectivity index (χ1n) is 7.88. The summed E-state index contributed by atoms with van der Waals surface area (Å²) in [5.41, 5.74) is 3.91. The van der Waals surface area contributed by atoms with Gasteiger partial charge in [-0.2, -0.15) is 5.26 Å². The maximum absolute atomic E-state index is 12.0. The summed E-state index contributed by atoms with van der Waals surface area (Å²) in [6.07, 6.45) is 0. The van der Waals surface area contributed by atoms with Crippen LogP contribution in [0.5, 0.6) is 0 Å². The van der Waals surface area contributed by atoms with Crippen LogP contribution < -0.4 is 0 Å². The maximum Gasteiger partial charge on any atom is 0.350 e. The number of aromatic nitrogens is 1. The third-order valence-corrected chi connectivity index (χ3v) is 4.92. The molecule has 0 unspecified atom stereocenters. The largest absolute Gasteiger partial charge is 0.462 e. The van der Waals surface area contributed by atoms with Crippen molar-refractivity contribution in [3.8, 4) is 27.8 Å². The second kappa shape index (κ2) is 7.29. The molecule has 0 aliphatic rings. The zero-order valence-corrected chi connectivity index (χ0v) is 14.8. The Morgan fingerprint density at radius 2 is 1.96 bits per heavy atom. The van der Waals surface area contributed by atoms with E-state index in [0.29, 0.717) is 27.7 Å². The van der Waals surface area contributed by atoms with E-state index in [1.807, 2.05) is 48.5 Å². The molecule has 3 aromatic rings. The quantitative estimate of drug-likeness (QED) is 0.633. The third kappa shape index (κ3) is 3.44. The normalized spacial score (nSPS) is 10.3. The van der Waals surface area contributed by atoms with Gasteiger partial charge in [-0.15, -0.1) is 11.3 Å². The van der Waals surface area contributed by atoms with Gasteiger partial charge >= 0.3 is 5.97 Å². The zero-order valence-electron chi connectivity index (χ0n) is 13.9. The van der Waals surface area contributed by atoms with Gasteiger partial charge in [0.1, 0.15) is 9.88 Å². The average molecular weight is 348 g/mol. The molecule has 0 N–H and O–H groups in total. The maximum atomic E-state index is 12.0. The number of benzene rings is 2.